The van der Waals surface area contributed by atoms with Crippen LogP contribution in [0.25, 0.3) is 22.2 Å². The largest absolute Gasteiger partial charge is 0.457 e. The molecule has 31 heavy (non-hydrogen) atoms. The SMILES string of the molecule is C=CC(=O)N1CCCC1c1cc2cn[nH]c2c(-c2ccc(Oc3ccccc3)cc2)n1. The molecule has 0 radical (unpaired) electrons. The number of pyridine rings is 1. The van der Waals surface area contributed by atoms with Crippen LogP contribution < -0.4 is 4.74 Å². The van der Waals surface area contributed by atoms with Gasteiger partial charge in [-0.2, -0.15) is 5.10 Å². The zero-order valence-corrected chi connectivity index (χ0v) is 17.0. The van der Waals surface area contributed by atoms with Crippen LogP contribution in [-0.4, -0.2) is 32.5 Å². The molecule has 1 saturated heterocycles. The zero-order valence-electron chi connectivity index (χ0n) is 17.0. The second-order valence-electron chi connectivity index (χ2n) is 7.56. The van der Waals surface area contributed by atoms with E-state index < -0.39 is 0 Å². The number of nitrogens with zero attached hydrogens (tertiary/aromatic N) is 3. The molecule has 1 unspecified atom stereocenters. The molecule has 2 aromatic heterocycles. The van der Waals surface area contributed by atoms with Gasteiger partial charge in [-0.1, -0.05) is 24.8 Å². The fourth-order valence-corrected chi connectivity index (χ4v) is 4.11. The summed E-state index contributed by atoms with van der Waals surface area (Å²) in [6.45, 7) is 4.36. The number of hydrogen-bond acceptors (Lipinski definition) is 4. The number of hydrogen-bond donors (Lipinski definition) is 1. The fourth-order valence-electron chi connectivity index (χ4n) is 4.11. The quantitative estimate of drug-likeness (QED) is 0.455. The third-order valence-electron chi connectivity index (χ3n) is 5.61. The van der Waals surface area contributed by atoms with E-state index >= 15 is 0 Å². The molecule has 6 heteroatoms. The number of benzene rings is 2. The van der Waals surface area contributed by atoms with E-state index in [1.54, 1.807) is 6.20 Å². The topological polar surface area (TPSA) is 71.1 Å². The number of ether oxygens (including phenoxy) is 1. The lowest BCUT2D eigenvalue weighted by molar-refractivity contribution is -0.126. The van der Waals surface area contributed by atoms with E-state index in [0.29, 0.717) is 0 Å². The molecule has 1 aliphatic rings. The Morgan fingerprint density at radius 1 is 1.13 bits per heavy atom. The van der Waals surface area contributed by atoms with Gasteiger partial charge in [0, 0.05) is 17.5 Å². The Labute approximate surface area is 180 Å². The molecule has 2 aromatic carbocycles. The van der Waals surface area contributed by atoms with Crippen molar-refractivity contribution in [2.24, 2.45) is 0 Å². The summed E-state index contributed by atoms with van der Waals surface area (Å²) in [5.41, 5.74) is 3.52. The van der Waals surface area contributed by atoms with Gasteiger partial charge >= 0.3 is 0 Å². The lowest BCUT2D eigenvalue weighted by Gasteiger charge is -2.23. The Balaban J connectivity index is 1.50. The van der Waals surface area contributed by atoms with Crippen LogP contribution in [0.3, 0.4) is 0 Å². The van der Waals surface area contributed by atoms with Gasteiger partial charge in [0.25, 0.3) is 0 Å². The van der Waals surface area contributed by atoms with Crippen molar-refractivity contribution < 1.29 is 9.53 Å². The molecule has 154 valence electrons. The number of likely N-dealkylation sites (tertiary alicyclic amines) is 1. The molecular formula is C25H22N4O2. The van der Waals surface area contributed by atoms with Crippen molar-refractivity contribution in [2.75, 3.05) is 6.54 Å². The van der Waals surface area contributed by atoms with Crippen molar-refractivity contribution in [3.63, 3.8) is 0 Å². The minimum Gasteiger partial charge on any atom is -0.457 e. The number of H-pyrrole nitrogens is 1. The third-order valence-corrected chi connectivity index (χ3v) is 5.61. The van der Waals surface area contributed by atoms with Gasteiger partial charge < -0.3 is 9.64 Å². The van der Waals surface area contributed by atoms with Crippen LogP contribution in [0, 0.1) is 0 Å². The Morgan fingerprint density at radius 3 is 2.68 bits per heavy atom. The molecule has 0 aliphatic carbocycles. The van der Waals surface area contributed by atoms with Gasteiger partial charge in [-0.05, 0) is 61.4 Å². The maximum Gasteiger partial charge on any atom is 0.246 e. The van der Waals surface area contributed by atoms with Crippen LogP contribution in [0.15, 0.2) is 79.5 Å². The second-order valence-corrected chi connectivity index (χ2v) is 7.56. The Morgan fingerprint density at radius 2 is 1.90 bits per heavy atom. The van der Waals surface area contributed by atoms with Crippen molar-refractivity contribution in [2.45, 2.75) is 18.9 Å². The zero-order chi connectivity index (χ0) is 21.2. The Kier molecular flexibility index (Phi) is 4.96. The predicted octanol–water partition coefficient (Wildman–Crippen LogP) is 5.27. The average molecular weight is 410 g/mol. The van der Waals surface area contributed by atoms with Crippen molar-refractivity contribution in [3.05, 3.63) is 85.2 Å². The van der Waals surface area contributed by atoms with Gasteiger partial charge in [0.05, 0.1) is 29.1 Å². The maximum absolute atomic E-state index is 12.3. The number of aromatic amines is 1. The Hall–Kier alpha value is -3.93. The number of rotatable bonds is 5. The van der Waals surface area contributed by atoms with E-state index in [2.05, 4.69) is 16.8 Å². The van der Waals surface area contributed by atoms with E-state index in [0.717, 1.165) is 58.7 Å². The molecule has 5 rings (SSSR count). The Bertz CT molecular complexity index is 1230. The first kappa shape index (κ1) is 19.1. The first-order valence-corrected chi connectivity index (χ1v) is 10.3. The smallest absolute Gasteiger partial charge is 0.246 e. The van der Waals surface area contributed by atoms with Crippen LogP contribution in [0.2, 0.25) is 0 Å². The molecule has 1 fully saturated rings. The maximum atomic E-state index is 12.3. The number of aromatic nitrogens is 3. The lowest BCUT2D eigenvalue weighted by atomic mass is 10.0. The number of para-hydroxylation sites is 1. The first-order chi connectivity index (χ1) is 15.2. The van der Waals surface area contributed by atoms with Crippen LogP contribution in [-0.2, 0) is 4.79 Å². The van der Waals surface area contributed by atoms with Gasteiger partial charge in [0.1, 0.15) is 11.5 Å². The standard InChI is InChI=1S/C25H22N4O2/c1-2-23(30)29-14-6-9-22(29)21-15-18-16-26-28-25(18)24(27-21)17-10-12-20(13-11-17)31-19-7-4-3-5-8-19/h2-5,7-8,10-13,15-16,22H,1,6,9,14H2,(H,26,28). The van der Waals surface area contributed by atoms with Crippen LogP contribution in [0.1, 0.15) is 24.6 Å². The molecule has 1 amide bonds. The summed E-state index contributed by atoms with van der Waals surface area (Å²) >= 11 is 0. The molecular weight excluding hydrogens is 388 g/mol. The molecule has 1 N–H and O–H groups in total. The summed E-state index contributed by atoms with van der Waals surface area (Å²) in [4.78, 5) is 19.1. The summed E-state index contributed by atoms with van der Waals surface area (Å²) in [6.07, 6.45) is 5.02. The first-order valence-electron chi connectivity index (χ1n) is 10.3. The van der Waals surface area contributed by atoms with E-state index in [9.17, 15) is 4.79 Å². The number of nitrogens with one attached hydrogen (secondary N) is 1. The second kappa shape index (κ2) is 8.07. The highest BCUT2D eigenvalue weighted by molar-refractivity contribution is 5.92. The number of amides is 1. The minimum atomic E-state index is -0.0550. The summed E-state index contributed by atoms with van der Waals surface area (Å²) in [5, 5.41) is 8.25. The third kappa shape index (κ3) is 3.68. The molecule has 3 heterocycles. The number of carbonyl (C=O) groups is 1. The van der Waals surface area contributed by atoms with Gasteiger partial charge in [-0.3, -0.25) is 9.89 Å². The fraction of sp³-hybridized carbons (Fsp3) is 0.160. The van der Waals surface area contributed by atoms with Crippen molar-refractivity contribution >= 4 is 16.8 Å². The molecule has 0 saturated carbocycles. The van der Waals surface area contributed by atoms with Gasteiger partial charge in [-0.15, -0.1) is 0 Å². The molecule has 1 aliphatic heterocycles. The van der Waals surface area contributed by atoms with E-state index in [1.807, 2.05) is 65.6 Å². The lowest BCUT2D eigenvalue weighted by Crippen LogP contribution is -2.29. The highest BCUT2D eigenvalue weighted by Crippen LogP contribution is 2.35. The normalized spacial score (nSPS) is 15.9. The summed E-state index contributed by atoms with van der Waals surface area (Å²) in [7, 11) is 0. The summed E-state index contributed by atoms with van der Waals surface area (Å²) in [6, 6.07) is 19.5. The molecule has 1 atom stereocenters. The highest BCUT2D eigenvalue weighted by Gasteiger charge is 2.30. The van der Waals surface area contributed by atoms with Crippen LogP contribution in [0.4, 0.5) is 0 Å². The van der Waals surface area contributed by atoms with Crippen LogP contribution >= 0.6 is 0 Å². The number of fused-ring (bicyclic) bond motifs is 1. The summed E-state index contributed by atoms with van der Waals surface area (Å²) in [5.74, 6) is 1.49. The average Bonchev–Trinajstić information content (AvgIpc) is 3.49. The van der Waals surface area contributed by atoms with Crippen LogP contribution in [0.5, 0.6) is 11.5 Å². The van der Waals surface area contributed by atoms with Gasteiger partial charge in [0.15, 0.2) is 0 Å². The monoisotopic (exact) mass is 410 g/mol. The van der Waals surface area contributed by atoms with E-state index in [1.165, 1.54) is 6.08 Å². The van der Waals surface area contributed by atoms with Gasteiger partial charge in [-0.25, -0.2) is 4.98 Å². The minimum absolute atomic E-state index is 0.0516. The van der Waals surface area contributed by atoms with E-state index in [4.69, 9.17) is 9.72 Å². The van der Waals surface area contributed by atoms with Crippen molar-refractivity contribution in [1.82, 2.24) is 20.1 Å². The van der Waals surface area contributed by atoms with Gasteiger partial charge in [0.2, 0.25) is 5.91 Å². The van der Waals surface area contributed by atoms with Crippen molar-refractivity contribution in [3.8, 4) is 22.8 Å². The molecule has 4 aromatic rings. The predicted molar refractivity (Wildman–Crippen MR) is 120 cm³/mol. The molecule has 6 nitrogen and oxygen atoms in total. The van der Waals surface area contributed by atoms with Crippen molar-refractivity contribution in [1.29, 1.82) is 0 Å². The summed E-state index contributed by atoms with van der Waals surface area (Å²) < 4.78 is 5.91. The highest BCUT2D eigenvalue weighted by atomic mass is 16.5. The number of carbonyl (C=O) groups excluding carboxylic acids is 1. The van der Waals surface area contributed by atoms with E-state index in [-0.39, 0.29) is 11.9 Å². The molecule has 0 spiro atoms. The molecule has 0 bridgehead atoms.